The number of nitrogens with two attached hydrogens (primary N) is 1. The number of amides is 1. The van der Waals surface area contributed by atoms with Gasteiger partial charge in [-0.2, -0.15) is 9.94 Å². The molecule has 172 valence electrons. The third-order valence-corrected chi connectivity index (χ3v) is 6.58. The summed E-state index contributed by atoms with van der Waals surface area (Å²) in [6, 6.07) is 16.0. The Morgan fingerprint density at radius 2 is 1.91 bits per heavy atom. The molecule has 0 saturated carbocycles. The first-order chi connectivity index (χ1) is 16.3. The number of nitrogens with zero attached hydrogens (tertiary/aromatic N) is 3. The average Bonchev–Trinajstić information content (AvgIpc) is 3.43. The molecular formula is C24H20ClN5O3S. The van der Waals surface area contributed by atoms with Crippen molar-refractivity contribution in [1.82, 2.24) is 14.8 Å². The first kappa shape index (κ1) is 23.3. The Kier molecular flexibility index (Phi) is 6.54. The van der Waals surface area contributed by atoms with Crippen LogP contribution in [0.1, 0.15) is 22.7 Å². The summed E-state index contributed by atoms with van der Waals surface area (Å²) in [5.41, 5.74) is 8.06. The third kappa shape index (κ3) is 4.33. The first-order valence-corrected chi connectivity index (χ1v) is 11.5. The molecular weight excluding hydrogens is 474 g/mol. The first-order valence-electron chi connectivity index (χ1n) is 10.2. The number of aryl methyl sites for hydroxylation is 1. The topological polar surface area (TPSA) is 127 Å². The van der Waals surface area contributed by atoms with Crippen molar-refractivity contribution >= 4 is 28.8 Å². The van der Waals surface area contributed by atoms with Crippen molar-refractivity contribution < 1.29 is 9.53 Å². The maximum Gasteiger partial charge on any atom is 0.277 e. The Balaban J connectivity index is 1.80. The molecule has 0 bridgehead atoms. The minimum atomic E-state index is -1.25. The second-order valence-corrected chi connectivity index (χ2v) is 8.85. The zero-order valence-corrected chi connectivity index (χ0v) is 19.9. The molecule has 0 aliphatic rings. The highest BCUT2D eigenvalue weighted by Crippen LogP contribution is 2.33. The van der Waals surface area contributed by atoms with Gasteiger partial charge in [0.25, 0.3) is 5.56 Å². The van der Waals surface area contributed by atoms with E-state index in [1.807, 2.05) is 35.7 Å². The molecule has 0 saturated heterocycles. The maximum absolute atomic E-state index is 13.5. The van der Waals surface area contributed by atoms with Crippen LogP contribution < -0.4 is 16.0 Å². The molecule has 2 aromatic carbocycles. The summed E-state index contributed by atoms with van der Waals surface area (Å²) in [7, 11) is 1.60. The number of thiazole rings is 1. The van der Waals surface area contributed by atoms with Crippen molar-refractivity contribution in [3.63, 3.8) is 0 Å². The van der Waals surface area contributed by atoms with Gasteiger partial charge in [0.15, 0.2) is 0 Å². The molecule has 2 aromatic heterocycles. The van der Waals surface area contributed by atoms with Gasteiger partial charge in [0.05, 0.1) is 18.9 Å². The van der Waals surface area contributed by atoms with Gasteiger partial charge in [-0.25, -0.2) is 4.98 Å². The third-order valence-electron chi connectivity index (χ3n) is 5.51. The minimum absolute atomic E-state index is 0.272. The van der Waals surface area contributed by atoms with Crippen LogP contribution in [-0.2, 0) is 4.79 Å². The quantitative estimate of drug-likeness (QED) is 0.402. The highest BCUT2D eigenvalue weighted by Gasteiger charge is 2.34. The van der Waals surface area contributed by atoms with E-state index in [4.69, 9.17) is 22.1 Å². The summed E-state index contributed by atoms with van der Waals surface area (Å²) < 4.78 is 6.51. The number of aromatic nitrogens is 3. The zero-order valence-electron chi connectivity index (χ0n) is 18.3. The molecule has 0 radical (unpaired) electrons. The van der Waals surface area contributed by atoms with Crippen LogP contribution in [0.5, 0.6) is 5.75 Å². The number of primary amides is 1. The zero-order chi connectivity index (χ0) is 24.4. The monoisotopic (exact) mass is 493 g/mol. The van der Waals surface area contributed by atoms with E-state index in [1.54, 1.807) is 38.3 Å². The number of nitrogens with one attached hydrogen (secondary N) is 1. The SMILES string of the molecule is COc1ccc(-c2csc(-n3[nH]c(C)c([C@@H](c4ccc(Cl)cc4)[C@@H](C#N)C(N)=O)c3=O)n2)cc1. The normalized spacial score (nSPS) is 12.6. The number of H-pyrrole nitrogens is 1. The van der Waals surface area contributed by atoms with Gasteiger partial charge in [-0.15, -0.1) is 11.3 Å². The molecule has 0 fully saturated rings. The maximum atomic E-state index is 13.5. The predicted molar refractivity (Wildman–Crippen MR) is 130 cm³/mol. The number of rotatable bonds is 7. The van der Waals surface area contributed by atoms with E-state index in [-0.39, 0.29) is 5.56 Å². The van der Waals surface area contributed by atoms with Crippen LogP contribution in [0.3, 0.4) is 0 Å². The van der Waals surface area contributed by atoms with Crippen molar-refractivity contribution in [3.8, 4) is 28.2 Å². The van der Waals surface area contributed by atoms with E-state index in [2.05, 4.69) is 10.1 Å². The molecule has 2 atom stereocenters. The summed E-state index contributed by atoms with van der Waals surface area (Å²) in [6.45, 7) is 1.71. The van der Waals surface area contributed by atoms with E-state index in [0.717, 1.165) is 11.3 Å². The second kappa shape index (κ2) is 9.55. The molecule has 0 aliphatic heterocycles. The van der Waals surface area contributed by atoms with Crippen molar-refractivity contribution in [2.24, 2.45) is 11.7 Å². The number of aromatic amines is 1. The van der Waals surface area contributed by atoms with Crippen LogP contribution in [0.25, 0.3) is 16.4 Å². The molecule has 0 aliphatic carbocycles. The number of nitriles is 1. The highest BCUT2D eigenvalue weighted by atomic mass is 35.5. The Hall–Kier alpha value is -3.87. The van der Waals surface area contributed by atoms with Gasteiger partial charge < -0.3 is 10.5 Å². The number of carbonyl (C=O) groups is 1. The lowest BCUT2D eigenvalue weighted by atomic mass is 9.81. The van der Waals surface area contributed by atoms with Crippen molar-refractivity contribution in [3.05, 3.63) is 86.1 Å². The second-order valence-electron chi connectivity index (χ2n) is 7.57. The van der Waals surface area contributed by atoms with E-state index in [9.17, 15) is 14.9 Å². The molecule has 8 nitrogen and oxygen atoms in total. The van der Waals surface area contributed by atoms with Gasteiger partial charge in [-0.1, -0.05) is 23.7 Å². The fourth-order valence-corrected chi connectivity index (χ4v) is 4.74. The lowest BCUT2D eigenvalue weighted by Crippen LogP contribution is -2.31. The van der Waals surface area contributed by atoms with Crippen molar-refractivity contribution in [2.75, 3.05) is 7.11 Å². The van der Waals surface area contributed by atoms with E-state index < -0.39 is 23.3 Å². The van der Waals surface area contributed by atoms with Gasteiger partial charge in [-0.3, -0.25) is 14.7 Å². The van der Waals surface area contributed by atoms with Crippen LogP contribution in [0.15, 0.2) is 58.7 Å². The van der Waals surface area contributed by atoms with E-state index in [0.29, 0.717) is 27.1 Å². The van der Waals surface area contributed by atoms with Crippen LogP contribution in [0.4, 0.5) is 0 Å². The minimum Gasteiger partial charge on any atom is -0.497 e. The Bertz CT molecular complexity index is 1430. The summed E-state index contributed by atoms with van der Waals surface area (Å²) in [6.07, 6.45) is 0. The molecule has 0 unspecified atom stereocenters. The van der Waals surface area contributed by atoms with E-state index in [1.165, 1.54) is 16.0 Å². The van der Waals surface area contributed by atoms with Crippen molar-refractivity contribution in [1.29, 1.82) is 5.26 Å². The molecule has 10 heteroatoms. The Labute approximate surface area is 204 Å². The molecule has 4 rings (SSSR count). The molecule has 34 heavy (non-hydrogen) atoms. The molecule has 3 N–H and O–H groups in total. The Morgan fingerprint density at radius 1 is 1.24 bits per heavy atom. The number of halogens is 1. The van der Waals surface area contributed by atoms with E-state index >= 15 is 0 Å². The van der Waals surface area contributed by atoms with Gasteiger partial charge in [0.1, 0.15) is 11.7 Å². The smallest absolute Gasteiger partial charge is 0.277 e. The van der Waals surface area contributed by atoms with Crippen LogP contribution in [0.2, 0.25) is 5.02 Å². The number of hydrogen-bond donors (Lipinski definition) is 2. The number of ether oxygens (including phenoxy) is 1. The van der Waals surface area contributed by atoms with Gasteiger partial charge >= 0.3 is 0 Å². The van der Waals surface area contributed by atoms with Gasteiger partial charge in [0.2, 0.25) is 11.0 Å². The molecule has 1 amide bonds. The summed E-state index contributed by atoms with van der Waals surface area (Å²) in [4.78, 5) is 30.3. The summed E-state index contributed by atoms with van der Waals surface area (Å²) >= 11 is 7.30. The Morgan fingerprint density at radius 3 is 2.50 bits per heavy atom. The standard InChI is InChI=1S/C24H20ClN5O3S/c1-13-20(21(18(11-26)22(27)31)15-3-7-16(25)8-4-15)23(32)30(29-13)24-28-19(12-34-24)14-5-9-17(33-2)10-6-14/h3-10,12,18,21,29H,1-2H3,(H2,27,31)/t18-,21+/m1/s1. The molecule has 0 spiro atoms. The summed E-state index contributed by atoms with van der Waals surface area (Å²) in [5, 5.41) is 15.5. The number of hydrogen-bond acceptors (Lipinski definition) is 6. The highest BCUT2D eigenvalue weighted by molar-refractivity contribution is 7.12. The predicted octanol–water partition coefficient (Wildman–Crippen LogP) is 4.02. The molecule has 4 aromatic rings. The average molecular weight is 494 g/mol. The van der Waals surface area contributed by atoms with Gasteiger partial charge in [0, 0.05) is 33.1 Å². The fourth-order valence-electron chi connectivity index (χ4n) is 3.82. The lowest BCUT2D eigenvalue weighted by molar-refractivity contribution is -0.120. The van der Waals surface area contributed by atoms with Gasteiger partial charge in [-0.05, 0) is 48.9 Å². The number of benzene rings is 2. The largest absolute Gasteiger partial charge is 0.497 e. The van der Waals surface area contributed by atoms with Crippen LogP contribution in [-0.4, -0.2) is 27.8 Å². The van der Waals surface area contributed by atoms with Crippen molar-refractivity contribution in [2.45, 2.75) is 12.8 Å². The lowest BCUT2D eigenvalue weighted by Gasteiger charge is -2.19. The van der Waals surface area contributed by atoms with Crippen LogP contribution in [0, 0.1) is 24.2 Å². The number of carbonyl (C=O) groups excluding carboxylic acids is 1. The molecule has 2 heterocycles. The fraction of sp³-hybridized carbons (Fsp3) is 0.167. The van der Waals surface area contributed by atoms with Crippen LogP contribution >= 0.6 is 22.9 Å². The number of methoxy groups -OCH3 is 1. The summed E-state index contributed by atoms with van der Waals surface area (Å²) in [5.74, 6) is -2.20.